The third-order valence-electron chi connectivity index (χ3n) is 4.19. The molecular weight excluding hydrogens is 443 g/mol. The Morgan fingerprint density at radius 1 is 1.25 bits per heavy atom. The monoisotopic (exact) mass is 464 g/mol. The van der Waals surface area contributed by atoms with Crippen LogP contribution in [0.15, 0.2) is 30.3 Å². The van der Waals surface area contributed by atoms with Crippen molar-refractivity contribution in [2.24, 2.45) is 14.1 Å². The van der Waals surface area contributed by atoms with E-state index >= 15 is 0 Å². The molecule has 1 aromatic carbocycles. The van der Waals surface area contributed by atoms with Crippen LogP contribution in [0.1, 0.15) is 18.2 Å². The van der Waals surface area contributed by atoms with Gasteiger partial charge in [-0.25, -0.2) is 0 Å². The second-order valence-corrected chi connectivity index (χ2v) is 7.32. The molecular formula is C16H21BiN3+. The molecule has 0 atom stereocenters. The van der Waals surface area contributed by atoms with Crippen LogP contribution in [0.2, 0.25) is 0 Å². The van der Waals surface area contributed by atoms with E-state index in [4.69, 9.17) is 0 Å². The molecule has 0 unspecified atom stereocenters. The van der Waals surface area contributed by atoms with E-state index in [1.54, 1.807) is 0 Å². The molecule has 0 N–H and O–H groups in total. The Morgan fingerprint density at radius 3 is 2.55 bits per heavy atom. The van der Waals surface area contributed by atoms with Gasteiger partial charge < -0.3 is 0 Å². The first-order valence-corrected chi connectivity index (χ1v) is 8.97. The summed E-state index contributed by atoms with van der Waals surface area (Å²) >= 11 is 0.751. The summed E-state index contributed by atoms with van der Waals surface area (Å²) in [5, 5.41) is 0. The Bertz CT molecular complexity index is 757. The van der Waals surface area contributed by atoms with Gasteiger partial charge in [0.15, 0.2) is 0 Å². The molecule has 4 heteroatoms. The van der Waals surface area contributed by atoms with Crippen LogP contribution < -0.4 is 4.57 Å². The Kier molecular flexibility index (Phi) is 3.45. The summed E-state index contributed by atoms with van der Waals surface area (Å²) in [6.45, 7) is 4.44. The van der Waals surface area contributed by atoms with Gasteiger partial charge in [-0.15, -0.1) is 0 Å². The molecule has 0 saturated heterocycles. The first kappa shape index (κ1) is 13.8. The minimum absolute atomic E-state index is 0.751. The molecule has 0 saturated carbocycles. The van der Waals surface area contributed by atoms with Crippen molar-refractivity contribution < 1.29 is 4.57 Å². The molecule has 0 spiro atoms. The molecule has 0 bridgehead atoms. The van der Waals surface area contributed by atoms with Gasteiger partial charge in [0.1, 0.15) is 0 Å². The van der Waals surface area contributed by atoms with E-state index < -0.39 is 0 Å². The Morgan fingerprint density at radius 2 is 1.95 bits per heavy atom. The average Bonchev–Trinajstić information content (AvgIpc) is 2.86. The van der Waals surface area contributed by atoms with Crippen LogP contribution in [0.3, 0.4) is 0 Å². The third kappa shape index (κ3) is 1.85. The summed E-state index contributed by atoms with van der Waals surface area (Å²) < 4.78 is 7.12. The van der Waals surface area contributed by atoms with Gasteiger partial charge >= 0.3 is 135 Å². The zero-order valence-electron chi connectivity index (χ0n) is 12.5. The van der Waals surface area contributed by atoms with E-state index in [0.29, 0.717) is 0 Å². The number of imidazole rings is 1. The van der Waals surface area contributed by atoms with Gasteiger partial charge in [-0.2, -0.15) is 0 Å². The zero-order valence-corrected chi connectivity index (χ0v) is 17.0. The van der Waals surface area contributed by atoms with Gasteiger partial charge in [0.05, 0.1) is 0 Å². The Labute approximate surface area is 135 Å². The predicted octanol–water partition coefficient (Wildman–Crippen LogP) is 1.74. The van der Waals surface area contributed by atoms with Gasteiger partial charge in [-0.3, -0.25) is 0 Å². The van der Waals surface area contributed by atoms with E-state index in [0.717, 1.165) is 31.4 Å². The third-order valence-corrected chi connectivity index (χ3v) is 6.22. The van der Waals surface area contributed by atoms with Crippen LogP contribution in [-0.2, 0) is 20.5 Å². The van der Waals surface area contributed by atoms with Crippen molar-refractivity contribution in [3.05, 3.63) is 41.6 Å². The topological polar surface area (TPSA) is 13.7 Å². The van der Waals surface area contributed by atoms with Crippen LogP contribution in [0, 0.1) is 6.92 Å². The molecule has 0 fully saturated rings. The number of fused-ring (bicyclic) bond motifs is 1. The average molecular weight is 464 g/mol. The van der Waals surface area contributed by atoms with Crippen LogP contribution in [0.25, 0.3) is 22.6 Å². The van der Waals surface area contributed by atoms with Crippen molar-refractivity contribution in [3.8, 4) is 11.5 Å². The fourth-order valence-corrected chi connectivity index (χ4v) is 5.20. The molecule has 3 rings (SSSR count). The summed E-state index contributed by atoms with van der Waals surface area (Å²) in [5.41, 5.74) is 6.78. The van der Waals surface area contributed by atoms with E-state index in [-0.39, 0.29) is 0 Å². The molecule has 0 aliphatic carbocycles. The molecule has 2 aromatic heterocycles. The van der Waals surface area contributed by atoms with Crippen LogP contribution >= 0.6 is 0 Å². The summed E-state index contributed by atoms with van der Waals surface area (Å²) in [5.74, 6) is 1.32. The number of rotatable bonds is 2. The summed E-state index contributed by atoms with van der Waals surface area (Å²) in [7, 11) is 4.36. The van der Waals surface area contributed by atoms with Crippen LogP contribution in [0.5, 0.6) is 0 Å². The van der Waals surface area contributed by atoms with Crippen molar-refractivity contribution in [3.63, 3.8) is 0 Å². The number of aromatic nitrogens is 3. The molecule has 20 heavy (non-hydrogen) atoms. The van der Waals surface area contributed by atoms with Crippen molar-refractivity contribution >= 4 is 36.0 Å². The first-order valence-electron chi connectivity index (χ1n) is 6.96. The van der Waals surface area contributed by atoms with Gasteiger partial charge in [0, 0.05) is 0 Å². The van der Waals surface area contributed by atoms with E-state index in [1.807, 2.05) is 0 Å². The normalized spacial score (nSPS) is 11.4. The van der Waals surface area contributed by atoms with Crippen molar-refractivity contribution in [1.82, 2.24) is 7.08 Å². The quantitative estimate of drug-likeness (QED) is 0.405. The van der Waals surface area contributed by atoms with Gasteiger partial charge in [0.2, 0.25) is 0 Å². The SMILES string of the molecule is CCc1c(C)cc(-c2[n]([BiH2])c3ccccc3[n+]2C)n1C. The molecule has 0 radical (unpaired) electrons. The van der Waals surface area contributed by atoms with E-state index in [2.05, 4.69) is 69.9 Å². The fourth-order valence-electron chi connectivity index (χ4n) is 3.16. The number of nitrogens with zero attached hydrogens (tertiary/aromatic N) is 3. The Balaban J connectivity index is 2.36. The number of aryl methyl sites for hydroxylation is 2. The maximum absolute atomic E-state index is 2.45. The zero-order chi connectivity index (χ0) is 14.4. The molecule has 0 amide bonds. The van der Waals surface area contributed by atoms with Crippen LogP contribution in [-0.4, -0.2) is 32.1 Å². The molecule has 0 aliphatic heterocycles. The molecule has 2 heterocycles. The van der Waals surface area contributed by atoms with Gasteiger partial charge in [-0.1, -0.05) is 0 Å². The summed E-state index contributed by atoms with van der Waals surface area (Å²) in [4.78, 5) is 0. The summed E-state index contributed by atoms with van der Waals surface area (Å²) in [6.07, 6.45) is 1.08. The van der Waals surface area contributed by atoms with Gasteiger partial charge in [0.25, 0.3) is 0 Å². The van der Waals surface area contributed by atoms with Crippen molar-refractivity contribution in [1.29, 1.82) is 0 Å². The summed E-state index contributed by atoms with van der Waals surface area (Å²) in [6, 6.07) is 11.0. The predicted molar refractivity (Wildman–Crippen MR) is 85.6 cm³/mol. The van der Waals surface area contributed by atoms with Gasteiger partial charge in [-0.05, 0) is 0 Å². The number of benzene rings is 1. The van der Waals surface area contributed by atoms with E-state index in [1.165, 1.54) is 33.8 Å². The van der Waals surface area contributed by atoms with Crippen molar-refractivity contribution in [2.75, 3.05) is 0 Å². The molecule has 3 aromatic rings. The number of para-hydroxylation sites is 2. The minimum atomic E-state index is 0.751. The first-order chi connectivity index (χ1) is 9.56. The molecule has 104 valence electrons. The second kappa shape index (κ2) is 5.00. The van der Waals surface area contributed by atoms with Crippen molar-refractivity contribution in [2.45, 2.75) is 20.3 Å². The molecule has 3 nitrogen and oxygen atoms in total. The maximum atomic E-state index is 2.45. The standard InChI is InChI=1S/C16H19N3.Bi.2H/c1-5-13-11(2)10-15(18(13)3)16-17-12-8-6-7-9-14(12)19(16)4;;;/h6-10H,5H2,1-4H3;;;/q;+1;;. The van der Waals surface area contributed by atoms with E-state index in [9.17, 15) is 0 Å². The number of hydrogen-bond acceptors (Lipinski definition) is 0. The Hall–Kier alpha value is -1.15. The molecule has 0 aliphatic rings. The van der Waals surface area contributed by atoms with Crippen LogP contribution in [0.4, 0.5) is 0 Å². The fraction of sp³-hybridized carbons (Fsp3) is 0.312. The number of hydrogen-bond donors (Lipinski definition) is 0. The second-order valence-electron chi connectivity index (χ2n) is 5.31.